The molecular formula is C13H28N2. The van der Waals surface area contributed by atoms with Gasteiger partial charge in [0.25, 0.3) is 0 Å². The van der Waals surface area contributed by atoms with E-state index in [2.05, 4.69) is 37.6 Å². The first-order valence-corrected chi connectivity index (χ1v) is 6.28. The summed E-state index contributed by atoms with van der Waals surface area (Å²) in [6.45, 7) is 16.1. The van der Waals surface area contributed by atoms with Crippen LogP contribution in [-0.4, -0.2) is 37.6 Å². The van der Waals surface area contributed by atoms with Gasteiger partial charge in [0.1, 0.15) is 0 Å². The molecule has 0 heterocycles. The van der Waals surface area contributed by atoms with E-state index in [1.807, 2.05) is 0 Å². The van der Waals surface area contributed by atoms with Gasteiger partial charge in [0.05, 0.1) is 0 Å². The zero-order valence-electron chi connectivity index (χ0n) is 10.8. The van der Waals surface area contributed by atoms with Crippen LogP contribution in [0.3, 0.4) is 0 Å². The Morgan fingerprint density at radius 2 is 1.93 bits per heavy atom. The minimum atomic E-state index is 1.06. The van der Waals surface area contributed by atoms with Gasteiger partial charge in [-0.25, -0.2) is 0 Å². The number of likely N-dealkylation sites (N-methyl/N-ethyl adjacent to an activating group) is 1. The van der Waals surface area contributed by atoms with E-state index in [-0.39, 0.29) is 0 Å². The quantitative estimate of drug-likeness (QED) is 0.442. The minimum Gasteiger partial charge on any atom is -0.317 e. The van der Waals surface area contributed by atoms with Gasteiger partial charge in [-0.05, 0) is 45.9 Å². The summed E-state index contributed by atoms with van der Waals surface area (Å²) in [6.07, 6.45) is 3.95. The number of nitrogens with zero attached hydrogens (tertiary/aromatic N) is 1. The molecule has 0 radical (unpaired) electrons. The van der Waals surface area contributed by atoms with Gasteiger partial charge in [-0.3, -0.25) is 4.90 Å². The van der Waals surface area contributed by atoms with Gasteiger partial charge in [-0.1, -0.05) is 32.4 Å². The first kappa shape index (κ1) is 14.7. The molecule has 0 spiro atoms. The normalized spacial score (nSPS) is 10.9. The standard InChI is InChI=1S/C13H28N2/c1-5-14-10-8-7-9-11-15(6-2)12-13(3)4/h14H,3,5-12H2,1-2,4H3. The van der Waals surface area contributed by atoms with Gasteiger partial charge < -0.3 is 5.32 Å². The highest BCUT2D eigenvalue weighted by Gasteiger charge is 2.01. The van der Waals surface area contributed by atoms with E-state index in [4.69, 9.17) is 0 Å². The predicted molar refractivity (Wildman–Crippen MR) is 69.3 cm³/mol. The largest absolute Gasteiger partial charge is 0.317 e. The number of nitrogens with one attached hydrogen (secondary N) is 1. The maximum Gasteiger partial charge on any atom is 0.0187 e. The highest BCUT2D eigenvalue weighted by Crippen LogP contribution is 2.01. The van der Waals surface area contributed by atoms with E-state index in [9.17, 15) is 0 Å². The summed E-state index contributed by atoms with van der Waals surface area (Å²) in [4.78, 5) is 2.47. The second-order valence-corrected chi connectivity index (χ2v) is 4.24. The molecule has 0 saturated heterocycles. The first-order valence-electron chi connectivity index (χ1n) is 6.28. The molecule has 0 bridgehead atoms. The molecule has 0 aliphatic rings. The lowest BCUT2D eigenvalue weighted by atomic mass is 10.2. The van der Waals surface area contributed by atoms with Crippen molar-refractivity contribution in [3.8, 4) is 0 Å². The third kappa shape index (κ3) is 9.95. The zero-order valence-corrected chi connectivity index (χ0v) is 10.8. The van der Waals surface area contributed by atoms with Crippen molar-refractivity contribution in [2.75, 3.05) is 32.7 Å². The number of rotatable bonds is 10. The van der Waals surface area contributed by atoms with Crippen LogP contribution in [0.25, 0.3) is 0 Å². The SMILES string of the molecule is C=C(C)CN(CC)CCCCCNCC. The van der Waals surface area contributed by atoms with E-state index in [0.717, 1.165) is 19.6 Å². The summed E-state index contributed by atoms with van der Waals surface area (Å²) in [5, 5.41) is 3.35. The number of hydrogen-bond acceptors (Lipinski definition) is 2. The zero-order chi connectivity index (χ0) is 11.5. The van der Waals surface area contributed by atoms with Crippen LogP contribution < -0.4 is 5.32 Å². The van der Waals surface area contributed by atoms with E-state index >= 15 is 0 Å². The molecule has 0 fully saturated rings. The van der Waals surface area contributed by atoms with Crippen LogP contribution in [0.4, 0.5) is 0 Å². The topological polar surface area (TPSA) is 15.3 Å². The maximum atomic E-state index is 3.96. The summed E-state index contributed by atoms with van der Waals surface area (Å²) in [6, 6.07) is 0. The van der Waals surface area contributed by atoms with E-state index < -0.39 is 0 Å². The second-order valence-electron chi connectivity index (χ2n) is 4.24. The average molecular weight is 212 g/mol. The molecule has 90 valence electrons. The highest BCUT2D eigenvalue weighted by atomic mass is 15.1. The van der Waals surface area contributed by atoms with Gasteiger partial charge in [-0.15, -0.1) is 0 Å². The molecule has 1 N–H and O–H groups in total. The summed E-state index contributed by atoms with van der Waals surface area (Å²) in [5.74, 6) is 0. The van der Waals surface area contributed by atoms with Gasteiger partial charge >= 0.3 is 0 Å². The lowest BCUT2D eigenvalue weighted by Crippen LogP contribution is -2.26. The van der Waals surface area contributed by atoms with Crippen molar-refractivity contribution in [3.05, 3.63) is 12.2 Å². The summed E-state index contributed by atoms with van der Waals surface area (Å²) in [7, 11) is 0. The smallest absolute Gasteiger partial charge is 0.0187 e. The molecule has 0 atom stereocenters. The minimum absolute atomic E-state index is 1.06. The van der Waals surface area contributed by atoms with Crippen LogP contribution in [0.15, 0.2) is 12.2 Å². The van der Waals surface area contributed by atoms with Crippen molar-refractivity contribution in [1.82, 2.24) is 10.2 Å². The van der Waals surface area contributed by atoms with Crippen LogP contribution in [0.1, 0.15) is 40.0 Å². The van der Waals surface area contributed by atoms with Crippen molar-refractivity contribution < 1.29 is 0 Å². The monoisotopic (exact) mass is 212 g/mol. The molecule has 0 aromatic rings. The lowest BCUT2D eigenvalue weighted by molar-refractivity contribution is 0.303. The Balaban J connectivity index is 3.34. The Morgan fingerprint density at radius 1 is 1.20 bits per heavy atom. The molecule has 2 heteroatoms. The Hall–Kier alpha value is -0.340. The van der Waals surface area contributed by atoms with Crippen LogP contribution in [0.5, 0.6) is 0 Å². The molecule has 2 nitrogen and oxygen atoms in total. The van der Waals surface area contributed by atoms with Gasteiger partial charge in [0.15, 0.2) is 0 Å². The molecule has 0 aliphatic heterocycles. The number of hydrogen-bond donors (Lipinski definition) is 1. The van der Waals surface area contributed by atoms with Gasteiger partial charge in [0, 0.05) is 6.54 Å². The summed E-state index contributed by atoms with van der Waals surface area (Å²) < 4.78 is 0. The third-order valence-corrected chi connectivity index (χ3v) is 2.52. The molecule has 0 aromatic carbocycles. The molecule has 0 unspecified atom stereocenters. The van der Waals surface area contributed by atoms with E-state index in [1.54, 1.807) is 0 Å². The highest BCUT2D eigenvalue weighted by molar-refractivity contribution is 4.91. The Morgan fingerprint density at radius 3 is 2.47 bits per heavy atom. The summed E-state index contributed by atoms with van der Waals surface area (Å²) in [5.41, 5.74) is 1.27. The van der Waals surface area contributed by atoms with E-state index in [1.165, 1.54) is 37.9 Å². The van der Waals surface area contributed by atoms with Crippen LogP contribution in [-0.2, 0) is 0 Å². The molecule has 0 rings (SSSR count). The van der Waals surface area contributed by atoms with Gasteiger partial charge in [-0.2, -0.15) is 0 Å². The lowest BCUT2D eigenvalue weighted by Gasteiger charge is -2.20. The van der Waals surface area contributed by atoms with Crippen molar-refractivity contribution in [2.24, 2.45) is 0 Å². The molecule has 0 amide bonds. The Bertz CT molecular complexity index is 155. The van der Waals surface area contributed by atoms with Crippen molar-refractivity contribution in [1.29, 1.82) is 0 Å². The molecular weight excluding hydrogens is 184 g/mol. The van der Waals surface area contributed by atoms with Crippen molar-refractivity contribution in [3.63, 3.8) is 0 Å². The molecule has 15 heavy (non-hydrogen) atoms. The third-order valence-electron chi connectivity index (χ3n) is 2.52. The first-order chi connectivity index (χ1) is 7.20. The van der Waals surface area contributed by atoms with Crippen LogP contribution in [0.2, 0.25) is 0 Å². The molecule has 0 saturated carbocycles. The Labute approximate surface area is 95.7 Å². The van der Waals surface area contributed by atoms with Crippen molar-refractivity contribution >= 4 is 0 Å². The molecule has 0 aromatic heterocycles. The van der Waals surface area contributed by atoms with Crippen LogP contribution >= 0.6 is 0 Å². The summed E-state index contributed by atoms with van der Waals surface area (Å²) >= 11 is 0. The maximum absolute atomic E-state index is 3.96. The van der Waals surface area contributed by atoms with Gasteiger partial charge in [0.2, 0.25) is 0 Å². The van der Waals surface area contributed by atoms with Crippen molar-refractivity contribution in [2.45, 2.75) is 40.0 Å². The van der Waals surface area contributed by atoms with E-state index in [0.29, 0.717) is 0 Å². The second kappa shape index (κ2) is 10.2. The fourth-order valence-corrected chi connectivity index (χ4v) is 1.67. The Kier molecular flexibility index (Phi) is 9.96. The number of unbranched alkanes of at least 4 members (excludes halogenated alkanes) is 2. The fourth-order valence-electron chi connectivity index (χ4n) is 1.67. The fraction of sp³-hybridized carbons (Fsp3) is 0.846. The van der Waals surface area contributed by atoms with Crippen LogP contribution in [0, 0.1) is 0 Å². The molecule has 0 aliphatic carbocycles. The average Bonchev–Trinajstić information content (AvgIpc) is 2.20. The predicted octanol–water partition coefficient (Wildman–Crippen LogP) is 2.66.